The summed E-state index contributed by atoms with van der Waals surface area (Å²) >= 11 is 1.88. The number of nitrogens with zero attached hydrogens (tertiary/aromatic N) is 6. The van der Waals surface area contributed by atoms with Crippen LogP contribution in [0, 0.1) is 13.8 Å². The highest BCUT2D eigenvalue weighted by atomic mass is 32.1. The molecule has 3 aromatic rings. The Labute approximate surface area is 197 Å². The number of carbonyl (C=O) groups excluding carboxylic acids is 1. The van der Waals surface area contributed by atoms with Crippen LogP contribution in [0.2, 0.25) is 0 Å². The number of nitrogens with two attached hydrogens (primary N) is 1. The first-order valence-corrected chi connectivity index (χ1v) is 12.8. The number of carbonyl (C=O) groups is 1. The van der Waals surface area contributed by atoms with Crippen molar-refractivity contribution in [2.24, 2.45) is 5.73 Å². The third-order valence-corrected chi connectivity index (χ3v) is 8.50. The van der Waals surface area contributed by atoms with E-state index in [1.165, 1.54) is 52.8 Å². The molecule has 1 saturated heterocycles. The first kappa shape index (κ1) is 20.8. The van der Waals surface area contributed by atoms with Crippen LogP contribution in [-0.2, 0) is 12.8 Å². The molecule has 4 heterocycles. The second-order valence-corrected chi connectivity index (χ2v) is 10.6. The maximum atomic E-state index is 12.2. The molecule has 3 aromatic heterocycles. The summed E-state index contributed by atoms with van der Waals surface area (Å²) in [5.41, 5.74) is 9.24. The topological polar surface area (TPSA) is 101 Å². The monoisotopic (exact) mass is 463 g/mol. The van der Waals surface area contributed by atoms with Gasteiger partial charge in [-0.3, -0.25) is 4.79 Å². The molecule has 8 nitrogen and oxygen atoms in total. The van der Waals surface area contributed by atoms with Crippen molar-refractivity contribution < 1.29 is 4.79 Å². The third kappa shape index (κ3) is 3.53. The number of aromatic nitrogens is 4. The standard InChI is InChI=1S/C24H29N7OS/c1-13-14(2)28-29-23(18(13)20(25)32)31-11-9-30(10-12-31)22-19-16-5-3-4-6-17(16)33-24(19)27-21(26-22)15-7-8-15/h15H,3-12H2,1-2H3,(H2,25,32). The first-order valence-electron chi connectivity index (χ1n) is 12.0. The zero-order valence-electron chi connectivity index (χ0n) is 19.2. The van der Waals surface area contributed by atoms with Gasteiger partial charge in [0.05, 0.1) is 16.6 Å². The number of rotatable bonds is 4. The fourth-order valence-corrected chi connectivity index (χ4v) is 6.41. The van der Waals surface area contributed by atoms with Crippen LogP contribution in [0.4, 0.5) is 11.6 Å². The van der Waals surface area contributed by atoms with Gasteiger partial charge in [-0.25, -0.2) is 9.97 Å². The van der Waals surface area contributed by atoms with E-state index >= 15 is 0 Å². The van der Waals surface area contributed by atoms with Crippen molar-refractivity contribution in [1.29, 1.82) is 0 Å². The highest BCUT2D eigenvalue weighted by Crippen LogP contribution is 2.44. The molecule has 0 unspecified atom stereocenters. The van der Waals surface area contributed by atoms with Crippen molar-refractivity contribution in [2.45, 2.75) is 58.3 Å². The fourth-order valence-electron chi connectivity index (χ4n) is 5.15. The van der Waals surface area contributed by atoms with Crippen molar-refractivity contribution in [3.63, 3.8) is 0 Å². The van der Waals surface area contributed by atoms with E-state index < -0.39 is 5.91 Å². The Kier molecular flexibility index (Phi) is 4.97. The van der Waals surface area contributed by atoms with Gasteiger partial charge in [0.2, 0.25) is 0 Å². The minimum Gasteiger partial charge on any atom is -0.365 e. The number of piperazine rings is 1. The van der Waals surface area contributed by atoms with E-state index in [0.29, 0.717) is 17.3 Å². The summed E-state index contributed by atoms with van der Waals surface area (Å²) in [4.78, 5) is 29.6. The van der Waals surface area contributed by atoms with Crippen molar-refractivity contribution >= 4 is 39.1 Å². The Hall–Kier alpha value is -2.81. The number of aryl methyl sites for hydroxylation is 3. The molecule has 33 heavy (non-hydrogen) atoms. The maximum absolute atomic E-state index is 12.2. The molecule has 1 amide bonds. The smallest absolute Gasteiger partial charge is 0.252 e. The second kappa shape index (κ2) is 7.90. The van der Waals surface area contributed by atoms with E-state index in [0.717, 1.165) is 55.5 Å². The summed E-state index contributed by atoms with van der Waals surface area (Å²) in [6, 6.07) is 0. The average Bonchev–Trinajstić information content (AvgIpc) is 3.60. The maximum Gasteiger partial charge on any atom is 0.252 e. The van der Waals surface area contributed by atoms with Crippen molar-refractivity contribution in [3.8, 4) is 0 Å². The summed E-state index contributed by atoms with van der Waals surface area (Å²) < 4.78 is 0. The van der Waals surface area contributed by atoms with Crippen molar-refractivity contribution in [1.82, 2.24) is 20.2 Å². The van der Waals surface area contributed by atoms with Gasteiger partial charge < -0.3 is 15.5 Å². The number of hydrogen-bond acceptors (Lipinski definition) is 8. The number of thiophene rings is 1. The Morgan fingerprint density at radius 1 is 0.970 bits per heavy atom. The molecule has 2 aliphatic carbocycles. The van der Waals surface area contributed by atoms with E-state index in [1.54, 1.807) is 0 Å². The lowest BCUT2D eigenvalue weighted by molar-refractivity contribution is 0.0999. The molecule has 0 bridgehead atoms. The minimum atomic E-state index is -0.445. The quantitative estimate of drug-likeness (QED) is 0.634. The molecule has 0 spiro atoms. The normalized spacial score (nSPS) is 18.6. The predicted octanol–water partition coefficient (Wildman–Crippen LogP) is 3.28. The van der Waals surface area contributed by atoms with Gasteiger partial charge in [-0.15, -0.1) is 16.4 Å². The summed E-state index contributed by atoms with van der Waals surface area (Å²) in [5, 5.41) is 9.91. The molecular weight excluding hydrogens is 434 g/mol. The van der Waals surface area contributed by atoms with Crippen molar-refractivity contribution in [3.05, 3.63) is 33.1 Å². The Bertz CT molecular complexity index is 1260. The highest BCUT2D eigenvalue weighted by Gasteiger charge is 2.32. The number of anilines is 2. The van der Waals surface area contributed by atoms with Crippen LogP contribution in [0.5, 0.6) is 0 Å². The SMILES string of the molecule is Cc1nnc(N2CCN(c3nc(C4CC4)nc4sc5c(c34)CCCC5)CC2)c(C(N)=O)c1C. The first-order chi connectivity index (χ1) is 16.0. The van der Waals surface area contributed by atoms with Crippen LogP contribution >= 0.6 is 11.3 Å². The van der Waals surface area contributed by atoms with Gasteiger partial charge in [0.15, 0.2) is 5.82 Å². The summed E-state index contributed by atoms with van der Waals surface area (Å²) in [6.07, 6.45) is 7.22. The average molecular weight is 464 g/mol. The number of amides is 1. The fraction of sp³-hybridized carbons (Fsp3) is 0.542. The molecule has 0 aromatic carbocycles. The Morgan fingerprint density at radius 3 is 2.36 bits per heavy atom. The number of primary amides is 1. The van der Waals surface area contributed by atoms with Gasteiger partial charge in [-0.05, 0) is 63.5 Å². The predicted molar refractivity (Wildman–Crippen MR) is 130 cm³/mol. The molecule has 6 rings (SSSR count). The molecule has 172 valence electrons. The van der Waals surface area contributed by atoms with Crippen LogP contribution in [0.3, 0.4) is 0 Å². The molecule has 1 saturated carbocycles. The summed E-state index contributed by atoms with van der Waals surface area (Å²) in [6.45, 7) is 6.86. The van der Waals surface area contributed by atoms with Crippen LogP contribution < -0.4 is 15.5 Å². The van der Waals surface area contributed by atoms with Crippen LogP contribution in [-0.4, -0.2) is 52.3 Å². The molecule has 2 N–H and O–H groups in total. The van der Waals surface area contributed by atoms with Crippen LogP contribution in [0.1, 0.15) is 69.5 Å². The lowest BCUT2D eigenvalue weighted by Gasteiger charge is -2.37. The van der Waals surface area contributed by atoms with Gasteiger partial charge in [0, 0.05) is 37.0 Å². The van der Waals surface area contributed by atoms with Crippen molar-refractivity contribution in [2.75, 3.05) is 36.0 Å². The third-order valence-electron chi connectivity index (χ3n) is 7.32. The van der Waals surface area contributed by atoms with E-state index in [1.807, 2.05) is 25.2 Å². The molecular formula is C24H29N7OS. The molecule has 0 atom stereocenters. The molecule has 1 aliphatic heterocycles. The van der Waals surface area contributed by atoms with Crippen LogP contribution in [0.25, 0.3) is 10.2 Å². The largest absolute Gasteiger partial charge is 0.365 e. The summed E-state index contributed by atoms with van der Waals surface area (Å²) in [7, 11) is 0. The zero-order chi connectivity index (χ0) is 22.7. The zero-order valence-corrected chi connectivity index (χ0v) is 20.0. The van der Waals surface area contributed by atoms with Gasteiger partial charge in [0.1, 0.15) is 16.5 Å². The minimum absolute atomic E-state index is 0.445. The molecule has 0 radical (unpaired) electrons. The van der Waals surface area contributed by atoms with E-state index in [2.05, 4.69) is 20.0 Å². The lowest BCUT2D eigenvalue weighted by atomic mass is 9.97. The Balaban J connectivity index is 1.34. The molecule has 3 aliphatic rings. The Morgan fingerprint density at radius 2 is 1.67 bits per heavy atom. The van der Waals surface area contributed by atoms with E-state index in [9.17, 15) is 4.79 Å². The van der Waals surface area contributed by atoms with Gasteiger partial charge in [0.25, 0.3) is 5.91 Å². The highest BCUT2D eigenvalue weighted by molar-refractivity contribution is 7.19. The van der Waals surface area contributed by atoms with E-state index in [-0.39, 0.29) is 0 Å². The lowest BCUT2D eigenvalue weighted by Crippen LogP contribution is -2.48. The van der Waals surface area contributed by atoms with Gasteiger partial charge >= 0.3 is 0 Å². The number of hydrogen-bond donors (Lipinski definition) is 1. The summed E-state index contributed by atoms with van der Waals surface area (Å²) in [5.74, 6) is 2.82. The van der Waals surface area contributed by atoms with Gasteiger partial charge in [-0.2, -0.15) is 5.10 Å². The molecule has 2 fully saturated rings. The van der Waals surface area contributed by atoms with Gasteiger partial charge in [-0.1, -0.05) is 0 Å². The number of fused-ring (bicyclic) bond motifs is 3. The van der Waals surface area contributed by atoms with Crippen LogP contribution in [0.15, 0.2) is 0 Å². The second-order valence-electron chi connectivity index (χ2n) is 9.52. The van der Waals surface area contributed by atoms with E-state index in [4.69, 9.17) is 15.7 Å². The molecule has 9 heteroatoms.